The molecule has 64 heavy (non-hydrogen) atoms. The van der Waals surface area contributed by atoms with Crippen LogP contribution in [0, 0.1) is 37.5 Å². The van der Waals surface area contributed by atoms with E-state index in [1.165, 1.54) is 21.1 Å². The van der Waals surface area contributed by atoms with Gasteiger partial charge in [0.15, 0.2) is 0 Å². The van der Waals surface area contributed by atoms with E-state index >= 15 is 0 Å². The number of aromatic amines is 2. The molecule has 6 atom stereocenters. The molecule has 2 fully saturated rings. The van der Waals surface area contributed by atoms with E-state index < -0.39 is 41.6 Å². The molecule has 13 heteroatoms. The molecular weight excluding hydrogens is 813 g/mol. The van der Waals surface area contributed by atoms with E-state index in [1.54, 1.807) is 6.92 Å². The molecule has 0 aromatic carbocycles. The third-order valence-corrected chi connectivity index (χ3v) is 14.3. The molecule has 8 bridgehead atoms. The molecule has 3 aliphatic heterocycles. The number of allylic oxidation sites excluding steroid dienone is 4. The number of fused-ring (bicyclic) bond motifs is 9. The summed E-state index contributed by atoms with van der Waals surface area (Å²) < 4.78 is 21.6. The number of hydrogen-bond donors (Lipinski definition) is 3. The van der Waals surface area contributed by atoms with Crippen molar-refractivity contribution in [2.75, 3.05) is 14.2 Å². The zero-order chi connectivity index (χ0) is 46.4. The van der Waals surface area contributed by atoms with Crippen LogP contribution in [-0.2, 0) is 44.5 Å². The molecule has 0 radical (unpaired) electrons. The van der Waals surface area contributed by atoms with Gasteiger partial charge in [-0.15, -0.1) is 0 Å². The first-order chi connectivity index (χ1) is 30.5. The second-order valence-electron chi connectivity index (χ2n) is 17.7. The quantitative estimate of drug-likeness (QED) is 0.116. The minimum absolute atomic E-state index is 0.0623. The summed E-state index contributed by atoms with van der Waals surface area (Å²) in [6, 6.07) is 6.09. The lowest BCUT2D eigenvalue weighted by Crippen LogP contribution is -2.66. The number of H-pyrrole nitrogens is 2. The summed E-state index contributed by atoms with van der Waals surface area (Å²) in [5.41, 5.74) is 12.4. The summed E-state index contributed by atoms with van der Waals surface area (Å²) >= 11 is 0. The SMILES string of the molecule is C=Cc1c(C)c2cc3[nH]c(cc4nc(c(CCC5[C@H](C)CC[C@H]6C(C)C(=O)OC(OC(C)=O)[C@@]56O)c5nc(cc1[nH]2)C(C)=C5CCC(=O)OC)C(CCC(=O)OC)=C4C)c(C)c3C=C. The summed E-state index contributed by atoms with van der Waals surface area (Å²) in [6.45, 7) is 21.4. The molecule has 0 spiro atoms. The molecule has 6 heterocycles. The van der Waals surface area contributed by atoms with Gasteiger partial charge in [0, 0.05) is 64.4 Å². The molecule has 3 aromatic heterocycles. The van der Waals surface area contributed by atoms with Crippen LogP contribution in [0.15, 0.2) is 31.4 Å². The average molecular weight is 873 g/mol. The number of aryl methyl sites for hydroxylation is 2. The normalized spacial score (nSPS) is 23.0. The first-order valence-corrected chi connectivity index (χ1v) is 22.1. The summed E-state index contributed by atoms with van der Waals surface area (Å²) in [6.07, 6.45) is 4.98. The number of rotatable bonds is 12. The number of cyclic esters (lactones) is 1. The van der Waals surface area contributed by atoms with Crippen molar-refractivity contribution in [2.24, 2.45) is 23.7 Å². The number of aliphatic hydroxyl groups is 1. The first-order valence-electron chi connectivity index (χ1n) is 22.1. The van der Waals surface area contributed by atoms with Crippen LogP contribution in [0.4, 0.5) is 0 Å². The molecule has 338 valence electrons. The van der Waals surface area contributed by atoms with Crippen LogP contribution >= 0.6 is 0 Å². The number of carbonyl (C=O) groups excluding carboxylic acids is 4. The minimum Gasteiger partial charge on any atom is -0.469 e. The molecule has 0 amide bonds. The first kappa shape index (κ1) is 45.9. The number of hydrogen-bond acceptors (Lipinski definition) is 11. The molecular formula is C51H60N4O9. The molecule has 3 aromatic rings. The molecule has 1 saturated heterocycles. The van der Waals surface area contributed by atoms with Crippen molar-refractivity contribution >= 4 is 80.4 Å². The topological polar surface area (TPSA) is 183 Å². The maximum absolute atomic E-state index is 13.1. The lowest BCUT2D eigenvalue weighted by Gasteiger charge is -2.55. The largest absolute Gasteiger partial charge is 0.469 e. The van der Waals surface area contributed by atoms with Gasteiger partial charge in [-0.1, -0.05) is 39.2 Å². The van der Waals surface area contributed by atoms with Crippen LogP contribution in [-0.4, -0.2) is 75.0 Å². The molecule has 3 unspecified atom stereocenters. The Balaban J connectivity index is 1.57. The van der Waals surface area contributed by atoms with Crippen LogP contribution in [0.5, 0.6) is 0 Å². The van der Waals surface area contributed by atoms with Crippen molar-refractivity contribution in [2.45, 2.75) is 112 Å². The maximum Gasteiger partial charge on any atom is 0.312 e. The monoisotopic (exact) mass is 872 g/mol. The number of esters is 4. The van der Waals surface area contributed by atoms with Crippen molar-refractivity contribution in [1.29, 1.82) is 0 Å². The summed E-state index contributed by atoms with van der Waals surface area (Å²) in [4.78, 5) is 69.4. The fourth-order valence-corrected chi connectivity index (χ4v) is 10.5. The number of ether oxygens (including phenoxy) is 4. The Morgan fingerprint density at radius 2 is 1.31 bits per heavy atom. The van der Waals surface area contributed by atoms with Gasteiger partial charge in [0.2, 0.25) is 0 Å². The highest BCUT2D eigenvalue weighted by atomic mass is 16.7. The Labute approximate surface area is 374 Å². The van der Waals surface area contributed by atoms with Crippen LogP contribution in [0.2, 0.25) is 0 Å². The standard InChI is InChI=1S/C51H60N4O9/c1-12-32-26(4)39-22-41-28(6)34(16-20-45(57)61-10)47(54-41)36(15-19-37-25(3)14-18-38-30(8)49(59)64-50(51(37,38)60)63-31(9)56)48-35(17-21-46(58)62-11)29(7)42(55-48)24-44-33(13-2)27(5)40(53-44)23-43(32)52-39/h12-13,22-25,30,37-38,50,52-53,60H,1-2,14-21H2,3-11H3/t25-,30?,37?,38+,50?,51-/m1/s1. The van der Waals surface area contributed by atoms with Gasteiger partial charge < -0.3 is 34.0 Å². The summed E-state index contributed by atoms with van der Waals surface area (Å²) in [7, 11) is 2.74. The highest BCUT2D eigenvalue weighted by molar-refractivity contribution is 5.98. The van der Waals surface area contributed by atoms with Crippen molar-refractivity contribution in [3.8, 4) is 0 Å². The average Bonchev–Trinajstić information content (AvgIpc) is 3.94. The molecule has 1 aliphatic carbocycles. The van der Waals surface area contributed by atoms with Gasteiger partial charge in [0.1, 0.15) is 5.60 Å². The Bertz CT molecular complexity index is 2700. The van der Waals surface area contributed by atoms with Gasteiger partial charge in [0.05, 0.1) is 42.9 Å². The molecule has 1 saturated carbocycles. The number of carbonyl (C=O) groups is 4. The van der Waals surface area contributed by atoms with Gasteiger partial charge in [-0.25, -0.2) is 9.97 Å². The summed E-state index contributed by atoms with van der Waals surface area (Å²) in [5, 5.41) is 12.9. The van der Waals surface area contributed by atoms with Crippen molar-refractivity contribution < 1.29 is 43.2 Å². The molecule has 3 N–H and O–H groups in total. The fraction of sp³-hybridized carbons (Fsp3) is 0.451. The number of aromatic nitrogens is 4. The molecule has 4 aliphatic rings. The van der Waals surface area contributed by atoms with E-state index in [0.29, 0.717) is 54.9 Å². The molecule has 7 rings (SSSR count). The second-order valence-corrected chi connectivity index (χ2v) is 17.7. The van der Waals surface area contributed by atoms with Crippen LogP contribution < -0.4 is 0 Å². The van der Waals surface area contributed by atoms with Crippen molar-refractivity contribution in [1.82, 2.24) is 19.9 Å². The smallest absolute Gasteiger partial charge is 0.312 e. The van der Waals surface area contributed by atoms with Crippen LogP contribution in [0.3, 0.4) is 0 Å². The number of methoxy groups -OCH3 is 2. The van der Waals surface area contributed by atoms with E-state index in [4.69, 9.17) is 28.9 Å². The van der Waals surface area contributed by atoms with Gasteiger partial charge in [0.25, 0.3) is 6.29 Å². The lowest BCUT2D eigenvalue weighted by molar-refractivity contribution is -0.297. The zero-order valence-electron chi connectivity index (χ0n) is 38.5. The Hall–Kier alpha value is -6.08. The maximum atomic E-state index is 13.1. The van der Waals surface area contributed by atoms with Crippen molar-refractivity contribution in [3.05, 3.63) is 81.9 Å². The predicted molar refractivity (Wildman–Crippen MR) is 248 cm³/mol. The second kappa shape index (κ2) is 18.2. The van der Waals surface area contributed by atoms with E-state index in [-0.39, 0.29) is 30.7 Å². The van der Waals surface area contributed by atoms with Gasteiger partial charge in [-0.05, 0) is 130 Å². The lowest BCUT2D eigenvalue weighted by atomic mass is 9.58. The van der Waals surface area contributed by atoms with E-state index in [0.717, 1.165) is 78.6 Å². The van der Waals surface area contributed by atoms with E-state index in [9.17, 15) is 24.3 Å². The van der Waals surface area contributed by atoms with Crippen LogP contribution in [0.25, 0.3) is 56.5 Å². The predicted octanol–water partition coefficient (Wildman–Crippen LogP) is 9.39. The van der Waals surface area contributed by atoms with Crippen LogP contribution in [0.1, 0.15) is 130 Å². The fourth-order valence-electron chi connectivity index (χ4n) is 10.5. The van der Waals surface area contributed by atoms with Crippen molar-refractivity contribution in [3.63, 3.8) is 0 Å². The van der Waals surface area contributed by atoms with Gasteiger partial charge in [-0.3, -0.25) is 19.2 Å². The minimum atomic E-state index is -1.69. The zero-order valence-corrected chi connectivity index (χ0v) is 38.5. The van der Waals surface area contributed by atoms with Gasteiger partial charge >= 0.3 is 23.9 Å². The number of nitrogens with zero attached hydrogens (tertiary/aromatic N) is 2. The Morgan fingerprint density at radius 3 is 1.81 bits per heavy atom. The Morgan fingerprint density at radius 1 is 0.812 bits per heavy atom. The molecule has 13 nitrogen and oxygen atoms in total. The van der Waals surface area contributed by atoms with E-state index in [1.807, 2.05) is 52.0 Å². The highest BCUT2D eigenvalue weighted by Gasteiger charge is 2.62. The Kier molecular flexibility index (Phi) is 13.1. The van der Waals surface area contributed by atoms with E-state index in [2.05, 4.69) is 36.1 Å². The summed E-state index contributed by atoms with van der Waals surface area (Å²) in [5.74, 6) is -3.62. The number of nitrogens with one attached hydrogen (secondary N) is 2. The third-order valence-electron chi connectivity index (χ3n) is 14.3. The van der Waals surface area contributed by atoms with Gasteiger partial charge in [-0.2, -0.15) is 0 Å². The highest BCUT2D eigenvalue weighted by Crippen LogP contribution is 2.53. The third kappa shape index (κ3) is 8.14.